The van der Waals surface area contributed by atoms with Gasteiger partial charge in [0.1, 0.15) is 0 Å². The lowest BCUT2D eigenvalue weighted by molar-refractivity contribution is 0.984. The van der Waals surface area contributed by atoms with E-state index in [9.17, 15) is 0 Å². The van der Waals surface area contributed by atoms with Crippen molar-refractivity contribution in [3.05, 3.63) is 28.2 Å². The Balaban J connectivity index is 0.000000671. The van der Waals surface area contributed by atoms with Crippen LogP contribution in [0.15, 0.2) is 18.2 Å². The second-order valence-electron chi connectivity index (χ2n) is 2.00. The van der Waals surface area contributed by atoms with Crippen LogP contribution < -0.4 is 10.9 Å². The fourth-order valence-electron chi connectivity index (χ4n) is 0.726. The van der Waals surface area contributed by atoms with Crippen LogP contribution in [0.25, 0.3) is 0 Å². The molecule has 13 heavy (non-hydrogen) atoms. The molecule has 0 bridgehead atoms. The molecule has 0 heterocycles. The summed E-state index contributed by atoms with van der Waals surface area (Å²) in [4.78, 5) is 0. The monoisotopic (exact) mass is 220 g/mol. The van der Waals surface area contributed by atoms with E-state index in [0.29, 0.717) is 10.0 Å². The van der Waals surface area contributed by atoms with E-state index in [0.717, 1.165) is 5.69 Å². The van der Waals surface area contributed by atoms with Gasteiger partial charge in [0.15, 0.2) is 0 Å². The number of hydrazine groups is 1. The number of halogens is 2. The average molecular weight is 221 g/mol. The van der Waals surface area contributed by atoms with Crippen LogP contribution in [0.2, 0.25) is 10.0 Å². The van der Waals surface area contributed by atoms with Crippen LogP contribution >= 0.6 is 23.2 Å². The minimum atomic E-state index is 0.604. The normalized spacial score (nSPS) is 8.69. The predicted molar refractivity (Wildman–Crippen MR) is 60.5 cm³/mol. The van der Waals surface area contributed by atoms with Crippen molar-refractivity contribution in [2.24, 2.45) is 0 Å². The molecular formula is C9H14Cl2N2. The zero-order valence-corrected chi connectivity index (χ0v) is 9.50. The molecule has 1 rings (SSSR count). The number of benzene rings is 1. The third-order valence-electron chi connectivity index (χ3n) is 1.19. The maximum atomic E-state index is 5.82. The van der Waals surface area contributed by atoms with Gasteiger partial charge < -0.3 is 5.43 Å². The predicted octanol–water partition coefficient (Wildman–Crippen LogP) is 3.57. The molecule has 0 aliphatic rings. The number of hydrogen-bond donors (Lipinski definition) is 2. The van der Waals surface area contributed by atoms with Gasteiger partial charge in [0.05, 0.1) is 10.7 Å². The quantitative estimate of drug-likeness (QED) is 0.746. The molecule has 0 unspecified atom stereocenters. The Kier molecular flexibility index (Phi) is 6.77. The molecule has 4 heteroatoms. The van der Waals surface area contributed by atoms with Crippen molar-refractivity contribution < 1.29 is 0 Å². The van der Waals surface area contributed by atoms with Gasteiger partial charge in [-0.2, -0.15) is 0 Å². The molecule has 0 radical (unpaired) electrons. The summed E-state index contributed by atoms with van der Waals surface area (Å²) in [6.45, 7) is 4.00. The lowest BCUT2D eigenvalue weighted by Crippen LogP contribution is -2.14. The third-order valence-corrected chi connectivity index (χ3v) is 1.74. The van der Waals surface area contributed by atoms with Crippen molar-refractivity contribution >= 4 is 28.9 Å². The van der Waals surface area contributed by atoms with Crippen LogP contribution in [0.3, 0.4) is 0 Å². The lowest BCUT2D eigenvalue weighted by Gasteiger charge is -2.05. The van der Waals surface area contributed by atoms with Crippen molar-refractivity contribution in [1.82, 2.24) is 5.43 Å². The van der Waals surface area contributed by atoms with E-state index < -0.39 is 0 Å². The van der Waals surface area contributed by atoms with Gasteiger partial charge in [-0.1, -0.05) is 37.0 Å². The van der Waals surface area contributed by atoms with Gasteiger partial charge >= 0.3 is 0 Å². The van der Waals surface area contributed by atoms with Gasteiger partial charge in [0.2, 0.25) is 0 Å². The second-order valence-corrected chi connectivity index (χ2v) is 2.84. The summed E-state index contributed by atoms with van der Waals surface area (Å²) in [7, 11) is 1.77. The minimum absolute atomic E-state index is 0.604. The number of rotatable bonds is 2. The minimum Gasteiger partial charge on any atom is -0.320 e. The average Bonchev–Trinajstić information content (AvgIpc) is 2.14. The van der Waals surface area contributed by atoms with Crippen LogP contribution in [0.4, 0.5) is 5.69 Å². The summed E-state index contributed by atoms with van der Waals surface area (Å²) in [6, 6.07) is 5.26. The molecular weight excluding hydrogens is 207 g/mol. The first-order chi connectivity index (χ1) is 6.24. The van der Waals surface area contributed by atoms with E-state index in [1.165, 1.54) is 0 Å². The van der Waals surface area contributed by atoms with Crippen molar-refractivity contribution in [2.45, 2.75) is 13.8 Å². The second kappa shape index (κ2) is 7.01. The maximum absolute atomic E-state index is 5.82. The largest absolute Gasteiger partial charge is 0.320 e. The van der Waals surface area contributed by atoms with E-state index in [4.69, 9.17) is 23.2 Å². The Labute approximate surface area is 89.2 Å². The summed E-state index contributed by atoms with van der Waals surface area (Å²) in [5.74, 6) is 0. The highest BCUT2D eigenvalue weighted by molar-refractivity contribution is 6.36. The zero-order valence-electron chi connectivity index (χ0n) is 7.99. The highest BCUT2D eigenvalue weighted by atomic mass is 35.5. The van der Waals surface area contributed by atoms with Crippen LogP contribution in [0, 0.1) is 0 Å². The highest BCUT2D eigenvalue weighted by Crippen LogP contribution is 2.24. The van der Waals surface area contributed by atoms with Crippen molar-refractivity contribution in [3.8, 4) is 0 Å². The SMILES string of the molecule is CC.CNNc1ccc(Cl)cc1Cl. The Morgan fingerprint density at radius 2 is 1.77 bits per heavy atom. The third kappa shape index (κ3) is 4.36. The van der Waals surface area contributed by atoms with E-state index in [1.54, 1.807) is 25.2 Å². The molecule has 0 aromatic heterocycles. The molecule has 2 N–H and O–H groups in total. The zero-order chi connectivity index (χ0) is 10.3. The molecule has 0 aliphatic carbocycles. The number of anilines is 1. The number of nitrogens with one attached hydrogen (secondary N) is 2. The standard InChI is InChI=1S/C7H8Cl2N2.C2H6/c1-10-11-7-3-2-5(8)4-6(7)9;1-2/h2-4,10-11H,1H3;1-2H3. The molecule has 2 nitrogen and oxygen atoms in total. The Morgan fingerprint density at radius 1 is 1.15 bits per heavy atom. The maximum Gasteiger partial charge on any atom is 0.0675 e. The molecule has 0 fully saturated rings. The Hall–Kier alpha value is -0.440. The Morgan fingerprint density at radius 3 is 2.23 bits per heavy atom. The first kappa shape index (κ1) is 12.6. The molecule has 0 aliphatic heterocycles. The van der Waals surface area contributed by atoms with Crippen molar-refractivity contribution in [1.29, 1.82) is 0 Å². The van der Waals surface area contributed by atoms with E-state index in [1.807, 2.05) is 13.8 Å². The first-order valence-corrected chi connectivity index (χ1v) is 4.87. The highest BCUT2D eigenvalue weighted by Gasteiger charge is 1.97. The van der Waals surface area contributed by atoms with E-state index >= 15 is 0 Å². The van der Waals surface area contributed by atoms with Gasteiger partial charge in [-0.05, 0) is 18.2 Å². The fourth-order valence-corrected chi connectivity index (χ4v) is 1.18. The molecule has 0 spiro atoms. The summed E-state index contributed by atoms with van der Waals surface area (Å²) in [5.41, 5.74) is 6.45. The van der Waals surface area contributed by atoms with Gasteiger partial charge in [-0.3, -0.25) is 0 Å². The van der Waals surface area contributed by atoms with Crippen molar-refractivity contribution in [2.75, 3.05) is 12.5 Å². The molecule has 74 valence electrons. The number of hydrogen-bond acceptors (Lipinski definition) is 2. The molecule has 1 aromatic carbocycles. The summed E-state index contributed by atoms with van der Waals surface area (Å²) in [6.07, 6.45) is 0. The first-order valence-electron chi connectivity index (χ1n) is 4.12. The van der Waals surface area contributed by atoms with Gasteiger partial charge in [-0.15, -0.1) is 0 Å². The lowest BCUT2D eigenvalue weighted by atomic mass is 10.3. The molecule has 0 atom stereocenters. The van der Waals surface area contributed by atoms with Crippen molar-refractivity contribution in [3.63, 3.8) is 0 Å². The molecule has 0 saturated heterocycles. The molecule has 1 aromatic rings. The van der Waals surface area contributed by atoms with Gasteiger partial charge in [0, 0.05) is 12.1 Å². The van der Waals surface area contributed by atoms with Crippen LogP contribution in [-0.4, -0.2) is 7.05 Å². The fraction of sp³-hybridized carbons (Fsp3) is 0.333. The van der Waals surface area contributed by atoms with Crippen LogP contribution in [0.5, 0.6) is 0 Å². The molecule has 0 amide bonds. The Bertz CT molecular complexity index is 251. The summed E-state index contributed by atoms with van der Waals surface area (Å²) >= 11 is 11.5. The van der Waals surface area contributed by atoms with Crippen LogP contribution in [-0.2, 0) is 0 Å². The van der Waals surface area contributed by atoms with Gasteiger partial charge in [0.25, 0.3) is 0 Å². The summed E-state index contributed by atoms with van der Waals surface area (Å²) < 4.78 is 0. The summed E-state index contributed by atoms with van der Waals surface area (Å²) in [5, 5.41) is 1.24. The van der Waals surface area contributed by atoms with Crippen LogP contribution in [0.1, 0.15) is 13.8 Å². The topological polar surface area (TPSA) is 24.1 Å². The van der Waals surface area contributed by atoms with E-state index in [2.05, 4.69) is 10.9 Å². The smallest absolute Gasteiger partial charge is 0.0675 e. The van der Waals surface area contributed by atoms with Gasteiger partial charge in [-0.25, -0.2) is 5.43 Å². The molecule has 0 saturated carbocycles. The van der Waals surface area contributed by atoms with E-state index in [-0.39, 0.29) is 0 Å².